The molecule has 0 heterocycles. The van der Waals surface area contributed by atoms with Gasteiger partial charge in [-0.1, -0.05) is 12.1 Å². The van der Waals surface area contributed by atoms with Crippen LogP contribution in [0.3, 0.4) is 0 Å². The lowest BCUT2D eigenvalue weighted by atomic mass is 10.0. The fraction of sp³-hybridized carbons (Fsp3) is 0.263. The number of nitro benzene ring substituents is 1. The van der Waals surface area contributed by atoms with Crippen molar-refractivity contribution in [3.05, 3.63) is 57.6 Å². The van der Waals surface area contributed by atoms with E-state index in [1.54, 1.807) is 25.1 Å². The van der Waals surface area contributed by atoms with Crippen LogP contribution in [0.25, 0.3) is 0 Å². The summed E-state index contributed by atoms with van der Waals surface area (Å²) in [6.07, 6.45) is 0. The summed E-state index contributed by atoms with van der Waals surface area (Å²) < 4.78 is 10.5. The van der Waals surface area contributed by atoms with E-state index in [2.05, 4.69) is 5.32 Å². The summed E-state index contributed by atoms with van der Waals surface area (Å²) in [5, 5.41) is 23.1. The number of carbonyl (C=O) groups excluding carboxylic acids is 1. The van der Waals surface area contributed by atoms with E-state index in [1.807, 2.05) is 0 Å². The van der Waals surface area contributed by atoms with E-state index in [9.17, 15) is 19.7 Å². The third-order valence-electron chi connectivity index (χ3n) is 4.04. The maximum atomic E-state index is 12.7. The highest BCUT2D eigenvalue weighted by molar-refractivity contribution is 6.07. The largest absolute Gasteiger partial charge is 0.493 e. The fourth-order valence-electron chi connectivity index (χ4n) is 2.54. The van der Waals surface area contributed by atoms with Gasteiger partial charge in [-0.3, -0.25) is 19.7 Å². The minimum absolute atomic E-state index is 0.141. The van der Waals surface area contributed by atoms with Crippen LogP contribution >= 0.6 is 0 Å². The molecule has 0 aliphatic heterocycles. The van der Waals surface area contributed by atoms with E-state index in [0.717, 1.165) is 6.07 Å². The number of anilines is 1. The molecule has 2 N–H and O–H groups in total. The van der Waals surface area contributed by atoms with Gasteiger partial charge in [0.2, 0.25) is 0 Å². The molecule has 9 nitrogen and oxygen atoms in total. The SMILES string of the molecule is CCOc1cc(C(=O)Nc2cccc(C(C)C(=O)O)c2)c([N+](=O)[O-])cc1OC. The van der Waals surface area contributed by atoms with Crippen LogP contribution in [0.15, 0.2) is 36.4 Å². The topological polar surface area (TPSA) is 128 Å². The van der Waals surface area contributed by atoms with E-state index in [0.29, 0.717) is 11.3 Å². The van der Waals surface area contributed by atoms with E-state index >= 15 is 0 Å². The lowest BCUT2D eigenvalue weighted by Gasteiger charge is -2.13. The number of hydrogen-bond acceptors (Lipinski definition) is 6. The minimum Gasteiger partial charge on any atom is -0.493 e. The van der Waals surface area contributed by atoms with Crippen LogP contribution in [0.1, 0.15) is 35.7 Å². The number of rotatable bonds is 8. The van der Waals surface area contributed by atoms with Crippen LogP contribution in [0.2, 0.25) is 0 Å². The standard InChI is InChI=1S/C19H20N2O7/c1-4-28-17-9-14(15(21(25)26)10-16(17)27-3)18(22)20-13-7-5-6-12(8-13)11(2)19(23)24/h5-11H,4H2,1-3H3,(H,20,22)(H,23,24). The van der Waals surface area contributed by atoms with Crippen molar-refractivity contribution in [3.8, 4) is 11.5 Å². The highest BCUT2D eigenvalue weighted by Gasteiger charge is 2.25. The van der Waals surface area contributed by atoms with Crippen molar-refractivity contribution >= 4 is 23.3 Å². The van der Waals surface area contributed by atoms with Crippen molar-refractivity contribution in [1.82, 2.24) is 0 Å². The van der Waals surface area contributed by atoms with Gasteiger partial charge in [-0.05, 0) is 31.5 Å². The average molecular weight is 388 g/mol. The molecule has 1 unspecified atom stereocenters. The monoisotopic (exact) mass is 388 g/mol. The van der Waals surface area contributed by atoms with Crippen molar-refractivity contribution < 1.29 is 29.1 Å². The first kappa shape index (κ1) is 20.7. The van der Waals surface area contributed by atoms with E-state index < -0.39 is 28.4 Å². The third-order valence-corrected chi connectivity index (χ3v) is 4.04. The van der Waals surface area contributed by atoms with E-state index in [4.69, 9.17) is 14.6 Å². The van der Waals surface area contributed by atoms with Crippen molar-refractivity contribution in [2.45, 2.75) is 19.8 Å². The first-order valence-electron chi connectivity index (χ1n) is 8.41. The molecule has 0 bridgehead atoms. The molecular weight excluding hydrogens is 368 g/mol. The summed E-state index contributed by atoms with van der Waals surface area (Å²) in [5.41, 5.74) is 0.169. The molecule has 148 valence electrons. The van der Waals surface area contributed by atoms with Gasteiger partial charge in [-0.25, -0.2) is 0 Å². The molecule has 0 aliphatic carbocycles. The highest BCUT2D eigenvalue weighted by Crippen LogP contribution is 2.35. The molecule has 0 saturated carbocycles. The van der Waals surface area contributed by atoms with E-state index in [-0.39, 0.29) is 23.7 Å². The summed E-state index contributed by atoms with van der Waals surface area (Å²) in [4.78, 5) is 34.5. The smallest absolute Gasteiger partial charge is 0.310 e. The van der Waals surface area contributed by atoms with Gasteiger partial charge in [0.25, 0.3) is 11.6 Å². The summed E-state index contributed by atoms with van der Waals surface area (Å²) in [5.74, 6) is -2.15. The van der Waals surface area contributed by atoms with Gasteiger partial charge in [-0.15, -0.1) is 0 Å². The third kappa shape index (κ3) is 4.56. The molecule has 0 fully saturated rings. The number of nitrogens with zero attached hydrogens (tertiary/aromatic N) is 1. The Labute approximate surface area is 161 Å². The Bertz CT molecular complexity index is 911. The Morgan fingerprint density at radius 3 is 2.54 bits per heavy atom. The first-order valence-corrected chi connectivity index (χ1v) is 8.41. The maximum absolute atomic E-state index is 12.7. The van der Waals surface area contributed by atoms with Gasteiger partial charge < -0.3 is 19.9 Å². The van der Waals surface area contributed by atoms with Crippen LogP contribution in [0, 0.1) is 10.1 Å². The van der Waals surface area contributed by atoms with Gasteiger partial charge in [0.15, 0.2) is 11.5 Å². The zero-order valence-corrected chi connectivity index (χ0v) is 15.6. The number of carboxylic acids is 1. The zero-order valence-electron chi connectivity index (χ0n) is 15.6. The second-order valence-electron chi connectivity index (χ2n) is 5.85. The average Bonchev–Trinajstić information content (AvgIpc) is 2.67. The van der Waals surface area contributed by atoms with Crippen LogP contribution in [0.5, 0.6) is 11.5 Å². The highest BCUT2D eigenvalue weighted by atomic mass is 16.6. The predicted molar refractivity (Wildman–Crippen MR) is 101 cm³/mol. The number of benzene rings is 2. The first-order chi connectivity index (χ1) is 13.3. The number of nitrogens with one attached hydrogen (secondary N) is 1. The molecule has 1 amide bonds. The number of nitro groups is 1. The second kappa shape index (κ2) is 8.85. The summed E-state index contributed by atoms with van der Waals surface area (Å²) in [7, 11) is 1.34. The van der Waals surface area contributed by atoms with Crippen LogP contribution < -0.4 is 14.8 Å². The van der Waals surface area contributed by atoms with Crippen molar-refractivity contribution in [2.75, 3.05) is 19.0 Å². The molecule has 0 radical (unpaired) electrons. The van der Waals surface area contributed by atoms with Gasteiger partial charge >= 0.3 is 5.97 Å². The number of ether oxygens (including phenoxy) is 2. The Morgan fingerprint density at radius 1 is 1.25 bits per heavy atom. The molecule has 2 aromatic carbocycles. The number of carboxylic acid groups (broad SMARTS) is 1. The lowest BCUT2D eigenvalue weighted by molar-refractivity contribution is -0.385. The molecule has 2 aromatic rings. The van der Waals surface area contributed by atoms with Crippen molar-refractivity contribution in [1.29, 1.82) is 0 Å². The quantitative estimate of drug-likeness (QED) is 0.523. The number of carbonyl (C=O) groups is 2. The molecular formula is C19H20N2O7. The Hall–Kier alpha value is -3.62. The van der Waals surface area contributed by atoms with Crippen molar-refractivity contribution in [3.63, 3.8) is 0 Å². The summed E-state index contributed by atoms with van der Waals surface area (Å²) >= 11 is 0. The Balaban J connectivity index is 2.40. The fourth-order valence-corrected chi connectivity index (χ4v) is 2.54. The Morgan fingerprint density at radius 2 is 1.96 bits per heavy atom. The van der Waals surface area contributed by atoms with Gasteiger partial charge in [0.05, 0.1) is 30.6 Å². The Kier molecular flexibility index (Phi) is 6.54. The van der Waals surface area contributed by atoms with Gasteiger partial charge in [0.1, 0.15) is 5.56 Å². The number of methoxy groups -OCH3 is 1. The number of hydrogen-bond donors (Lipinski definition) is 2. The number of aliphatic carboxylic acids is 1. The molecule has 0 spiro atoms. The number of amides is 1. The van der Waals surface area contributed by atoms with Gasteiger partial charge in [-0.2, -0.15) is 0 Å². The molecule has 0 aromatic heterocycles. The molecule has 0 saturated heterocycles. The van der Waals surface area contributed by atoms with Crippen molar-refractivity contribution in [2.24, 2.45) is 0 Å². The predicted octanol–water partition coefficient (Wildman–Crippen LogP) is 3.44. The molecule has 0 aliphatic rings. The van der Waals surface area contributed by atoms with Gasteiger partial charge in [0, 0.05) is 11.8 Å². The summed E-state index contributed by atoms with van der Waals surface area (Å²) in [6.45, 7) is 3.53. The molecule has 1 atom stereocenters. The van der Waals surface area contributed by atoms with E-state index in [1.165, 1.54) is 26.2 Å². The minimum atomic E-state index is -1.00. The summed E-state index contributed by atoms with van der Waals surface area (Å²) in [6, 6.07) is 8.67. The normalized spacial score (nSPS) is 11.4. The van der Waals surface area contributed by atoms with Crippen LogP contribution in [0.4, 0.5) is 11.4 Å². The van der Waals surface area contributed by atoms with Crippen LogP contribution in [-0.2, 0) is 4.79 Å². The van der Waals surface area contributed by atoms with Crippen LogP contribution in [-0.4, -0.2) is 35.6 Å². The maximum Gasteiger partial charge on any atom is 0.310 e. The second-order valence-corrected chi connectivity index (χ2v) is 5.85. The molecule has 9 heteroatoms. The molecule has 28 heavy (non-hydrogen) atoms. The molecule has 2 rings (SSSR count). The lowest BCUT2D eigenvalue weighted by Crippen LogP contribution is -2.15. The zero-order chi connectivity index (χ0) is 20.8.